The number of fused-ring (bicyclic) bond motifs is 2. The van der Waals surface area contributed by atoms with Crippen molar-refractivity contribution in [2.75, 3.05) is 6.61 Å². The highest BCUT2D eigenvalue weighted by molar-refractivity contribution is 6.76. The topological polar surface area (TPSA) is 101 Å². The van der Waals surface area contributed by atoms with E-state index in [1.165, 1.54) is 12.1 Å². The van der Waals surface area contributed by atoms with Crippen LogP contribution < -0.4 is 5.73 Å². The monoisotopic (exact) mass is 440 g/mol. The van der Waals surface area contributed by atoms with Crippen LogP contribution in [0.2, 0.25) is 25.7 Å². The van der Waals surface area contributed by atoms with Crippen LogP contribution >= 0.6 is 0 Å². The second-order valence-electron chi connectivity index (χ2n) is 8.79. The van der Waals surface area contributed by atoms with Crippen molar-refractivity contribution in [3.05, 3.63) is 42.0 Å². The molecule has 0 aliphatic heterocycles. The van der Waals surface area contributed by atoms with Gasteiger partial charge in [-0.25, -0.2) is 14.4 Å². The number of hydrogen-bond donors (Lipinski definition) is 1. The zero-order valence-electron chi connectivity index (χ0n) is 18.0. The molecule has 10 heteroatoms. The van der Waals surface area contributed by atoms with Gasteiger partial charge in [-0.05, 0) is 24.2 Å². The van der Waals surface area contributed by atoms with Gasteiger partial charge in [0.2, 0.25) is 0 Å². The van der Waals surface area contributed by atoms with Crippen molar-refractivity contribution in [2.45, 2.75) is 32.4 Å². The van der Waals surface area contributed by atoms with Gasteiger partial charge >= 0.3 is 0 Å². The van der Waals surface area contributed by atoms with Crippen molar-refractivity contribution < 1.29 is 13.9 Å². The summed E-state index contributed by atoms with van der Waals surface area (Å²) >= 11 is 0. The van der Waals surface area contributed by atoms with Crippen molar-refractivity contribution in [1.29, 1.82) is 0 Å². The van der Waals surface area contributed by atoms with Gasteiger partial charge in [-0.2, -0.15) is 5.10 Å². The van der Waals surface area contributed by atoms with Crippen LogP contribution in [0.1, 0.15) is 10.4 Å². The molecule has 0 aliphatic carbocycles. The van der Waals surface area contributed by atoms with Crippen molar-refractivity contribution in [2.24, 2.45) is 12.8 Å². The zero-order chi connectivity index (χ0) is 22.3. The van der Waals surface area contributed by atoms with Crippen molar-refractivity contribution in [3.8, 4) is 11.4 Å². The van der Waals surface area contributed by atoms with Crippen LogP contribution in [0.15, 0.2) is 30.6 Å². The van der Waals surface area contributed by atoms with E-state index in [-0.39, 0.29) is 18.1 Å². The lowest BCUT2D eigenvalue weighted by atomic mass is 10.1. The maximum absolute atomic E-state index is 13.6. The number of carbonyl (C=O) groups is 1. The Balaban J connectivity index is 1.72. The minimum Gasteiger partial charge on any atom is -0.365 e. The van der Waals surface area contributed by atoms with Gasteiger partial charge in [-0.3, -0.25) is 9.48 Å². The number of aryl methyl sites for hydroxylation is 1. The Morgan fingerprint density at radius 3 is 2.77 bits per heavy atom. The van der Waals surface area contributed by atoms with Gasteiger partial charge in [0, 0.05) is 33.3 Å². The molecule has 0 fully saturated rings. The predicted molar refractivity (Wildman–Crippen MR) is 120 cm³/mol. The van der Waals surface area contributed by atoms with Gasteiger partial charge in [0.15, 0.2) is 5.65 Å². The molecule has 2 N–H and O–H groups in total. The molecule has 0 radical (unpaired) electrons. The normalized spacial score (nSPS) is 12.2. The third-order valence-electron chi connectivity index (χ3n) is 5.11. The minimum absolute atomic E-state index is 0.258. The summed E-state index contributed by atoms with van der Waals surface area (Å²) in [5, 5.41) is 5.22. The van der Waals surface area contributed by atoms with Crippen molar-refractivity contribution in [3.63, 3.8) is 0 Å². The Labute approximate surface area is 179 Å². The van der Waals surface area contributed by atoms with Crippen LogP contribution in [0.3, 0.4) is 0 Å². The molecule has 0 saturated carbocycles. The summed E-state index contributed by atoms with van der Waals surface area (Å²) in [5.74, 6) is -0.934. The first kappa shape index (κ1) is 21.1. The molecule has 4 aromatic rings. The summed E-state index contributed by atoms with van der Waals surface area (Å²) in [6.45, 7) is 7.76. The molecule has 3 heterocycles. The molecule has 3 aromatic heterocycles. The average Bonchev–Trinajstić information content (AvgIpc) is 3.22. The van der Waals surface area contributed by atoms with Gasteiger partial charge in [0.1, 0.15) is 29.5 Å². The summed E-state index contributed by atoms with van der Waals surface area (Å²) < 4.78 is 22.8. The lowest BCUT2D eigenvalue weighted by Gasteiger charge is -2.15. The number of halogens is 1. The highest BCUT2D eigenvalue weighted by atomic mass is 28.3. The molecule has 0 aliphatic rings. The Bertz CT molecular complexity index is 1290. The van der Waals surface area contributed by atoms with E-state index in [2.05, 4.69) is 34.7 Å². The lowest BCUT2D eigenvalue weighted by Crippen LogP contribution is -2.22. The van der Waals surface area contributed by atoms with E-state index in [1.807, 2.05) is 0 Å². The third kappa shape index (κ3) is 4.21. The highest BCUT2D eigenvalue weighted by Crippen LogP contribution is 2.28. The smallest absolute Gasteiger partial charge is 0.252 e. The Morgan fingerprint density at radius 1 is 1.29 bits per heavy atom. The number of nitrogens with zero attached hydrogens (tertiary/aromatic N) is 5. The van der Waals surface area contributed by atoms with Crippen LogP contribution in [0.5, 0.6) is 0 Å². The van der Waals surface area contributed by atoms with Gasteiger partial charge in [0.05, 0.1) is 17.3 Å². The molecular weight excluding hydrogens is 415 g/mol. The number of ether oxygens (including phenoxy) is 1. The molecule has 0 saturated heterocycles. The molecule has 162 valence electrons. The van der Waals surface area contributed by atoms with Gasteiger partial charge in [-0.15, -0.1) is 0 Å². The van der Waals surface area contributed by atoms with Crippen LogP contribution in [0, 0.1) is 5.82 Å². The van der Waals surface area contributed by atoms with Crippen LogP contribution in [0.25, 0.3) is 33.5 Å². The molecule has 1 amide bonds. The maximum Gasteiger partial charge on any atom is 0.252 e. The molecule has 31 heavy (non-hydrogen) atoms. The molecule has 8 nitrogen and oxygen atoms in total. The Kier molecular flexibility index (Phi) is 5.36. The van der Waals surface area contributed by atoms with E-state index in [1.54, 1.807) is 34.8 Å². The number of benzene rings is 1. The molecule has 0 bridgehead atoms. The number of carbonyl (C=O) groups excluding carboxylic acids is 1. The van der Waals surface area contributed by atoms with Gasteiger partial charge in [0.25, 0.3) is 5.91 Å². The van der Waals surface area contributed by atoms with E-state index >= 15 is 0 Å². The van der Waals surface area contributed by atoms with Crippen LogP contribution in [-0.4, -0.2) is 44.9 Å². The number of amides is 1. The zero-order valence-corrected chi connectivity index (χ0v) is 19.0. The molecule has 1 aromatic carbocycles. The number of nitrogens with two attached hydrogens (primary N) is 1. The first-order valence-electron chi connectivity index (χ1n) is 10.00. The summed E-state index contributed by atoms with van der Waals surface area (Å²) in [4.78, 5) is 21.2. The summed E-state index contributed by atoms with van der Waals surface area (Å²) in [6.07, 6.45) is 3.22. The average molecular weight is 441 g/mol. The molecule has 4 rings (SSSR count). The number of aromatic nitrogens is 5. The van der Waals surface area contributed by atoms with Crippen molar-refractivity contribution >= 4 is 36.0 Å². The Morgan fingerprint density at radius 2 is 2.06 bits per heavy atom. The van der Waals surface area contributed by atoms with E-state index in [9.17, 15) is 9.18 Å². The second-order valence-corrected chi connectivity index (χ2v) is 14.4. The standard InChI is InChI=1S/C21H25FN6O2Si/c1-27-17-9-13(22)5-6-14(17)18(26-27)16-10-24-21-19(25-16)15(20(23)29)11-28(21)12-30-7-8-31(2,3)4/h5-6,9-11H,7-8,12H2,1-4H3,(H2,23,29). The van der Waals surface area contributed by atoms with Crippen LogP contribution in [-0.2, 0) is 18.5 Å². The number of rotatable bonds is 7. The summed E-state index contributed by atoms with van der Waals surface area (Å²) in [6, 6.07) is 5.49. The Hall–Kier alpha value is -3.11. The quantitative estimate of drug-likeness (QED) is 0.350. The van der Waals surface area contributed by atoms with E-state index in [4.69, 9.17) is 10.5 Å². The first-order chi connectivity index (χ1) is 14.6. The predicted octanol–water partition coefficient (Wildman–Crippen LogP) is 3.54. The van der Waals surface area contributed by atoms with Gasteiger partial charge in [-0.1, -0.05) is 19.6 Å². The largest absolute Gasteiger partial charge is 0.365 e. The maximum atomic E-state index is 13.6. The summed E-state index contributed by atoms with van der Waals surface area (Å²) in [7, 11) is 0.537. The molecule has 0 atom stereocenters. The van der Waals surface area contributed by atoms with E-state index < -0.39 is 14.0 Å². The van der Waals surface area contributed by atoms with Gasteiger partial charge < -0.3 is 15.0 Å². The summed E-state index contributed by atoms with van der Waals surface area (Å²) in [5.41, 5.74) is 8.43. The van der Waals surface area contributed by atoms with E-state index in [0.29, 0.717) is 34.7 Å². The second kappa shape index (κ2) is 7.86. The van der Waals surface area contributed by atoms with Crippen LogP contribution in [0.4, 0.5) is 4.39 Å². The highest BCUT2D eigenvalue weighted by Gasteiger charge is 2.19. The van der Waals surface area contributed by atoms with Crippen molar-refractivity contribution in [1.82, 2.24) is 24.3 Å². The molecule has 0 spiro atoms. The number of hydrogen-bond acceptors (Lipinski definition) is 5. The first-order valence-corrected chi connectivity index (χ1v) is 13.7. The molecule has 0 unspecified atom stereocenters. The fourth-order valence-electron chi connectivity index (χ4n) is 3.41. The minimum atomic E-state index is -1.20. The SMILES string of the molecule is Cn1nc(-c2cnc3c(n2)c(C(N)=O)cn3COCC[Si](C)(C)C)c2ccc(F)cc21. The fraction of sp³-hybridized carbons (Fsp3) is 0.333. The fourth-order valence-corrected chi connectivity index (χ4v) is 4.16. The lowest BCUT2D eigenvalue weighted by molar-refractivity contribution is 0.0895. The number of primary amides is 1. The third-order valence-corrected chi connectivity index (χ3v) is 6.82. The molecular formula is C21H25FN6O2Si. The van der Waals surface area contributed by atoms with E-state index in [0.717, 1.165) is 11.4 Å².